The molecule has 3 nitrogen and oxygen atoms in total. The van der Waals surface area contributed by atoms with E-state index >= 15 is 0 Å². The van der Waals surface area contributed by atoms with Crippen LogP contribution in [-0.2, 0) is 22.2 Å². The van der Waals surface area contributed by atoms with Crippen LogP contribution in [0.15, 0.2) is 60.7 Å². The van der Waals surface area contributed by atoms with E-state index in [1.54, 1.807) is 6.08 Å². The summed E-state index contributed by atoms with van der Waals surface area (Å²) < 4.78 is 0. The van der Waals surface area contributed by atoms with E-state index in [2.05, 4.69) is 58.9 Å². The number of rotatable bonds is 7. The first-order valence-electron chi connectivity index (χ1n) is 11.5. The van der Waals surface area contributed by atoms with Gasteiger partial charge in [-0.25, -0.2) is 4.79 Å². The lowest BCUT2D eigenvalue weighted by atomic mass is 9.63. The van der Waals surface area contributed by atoms with Crippen LogP contribution < -0.4 is 0 Å². The Morgan fingerprint density at radius 3 is 2.38 bits per heavy atom. The van der Waals surface area contributed by atoms with Gasteiger partial charge in [0.1, 0.15) is 0 Å². The van der Waals surface area contributed by atoms with Gasteiger partial charge in [-0.05, 0) is 70.4 Å². The minimum atomic E-state index is -0.950. The van der Waals surface area contributed by atoms with E-state index in [1.165, 1.54) is 41.2 Å². The van der Waals surface area contributed by atoms with E-state index in [4.69, 9.17) is 5.11 Å². The Bertz CT molecular complexity index is 1040. The number of allylic oxidation sites excluding steroid dienone is 3. The maximum atomic E-state index is 11.1. The van der Waals surface area contributed by atoms with E-state index in [1.807, 2.05) is 24.3 Å². The SMILES string of the molecule is C/C(=C\CC(C=CC(=O)O)c1cccc(CO)c1)c1ccc2c(c1)C(C)(C)CCC2(C)C. The Hall–Kier alpha value is -2.65. The highest BCUT2D eigenvalue weighted by Crippen LogP contribution is 2.46. The highest BCUT2D eigenvalue weighted by atomic mass is 16.4. The second-order valence-corrected chi connectivity index (χ2v) is 10.4. The summed E-state index contributed by atoms with van der Waals surface area (Å²) in [5.41, 5.74) is 7.51. The van der Waals surface area contributed by atoms with E-state index in [9.17, 15) is 9.90 Å². The summed E-state index contributed by atoms with van der Waals surface area (Å²) in [6.45, 7) is 11.5. The van der Waals surface area contributed by atoms with Gasteiger partial charge in [-0.3, -0.25) is 0 Å². The number of aliphatic hydroxyl groups excluding tert-OH is 1. The van der Waals surface area contributed by atoms with Crippen LogP contribution in [0.1, 0.15) is 87.6 Å². The smallest absolute Gasteiger partial charge is 0.327 e. The highest BCUT2D eigenvalue weighted by Gasteiger charge is 2.36. The predicted molar refractivity (Wildman–Crippen MR) is 132 cm³/mol. The Labute approximate surface area is 192 Å². The van der Waals surface area contributed by atoms with Gasteiger partial charge in [-0.2, -0.15) is 0 Å². The van der Waals surface area contributed by atoms with Crippen LogP contribution in [0.5, 0.6) is 0 Å². The molecule has 0 spiro atoms. The van der Waals surface area contributed by atoms with Crippen LogP contribution in [0.4, 0.5) is 0 Å². The monoisotopic (exact) mass is 432 g/mol. The molecule has 1 unspecified atom stereocenters. The summed E-state index contributed by atoms with van der Waals surface area (Å²) in [5.74, 6) is -1.02. The molecule has 0 radical (unpaired) electrons. The number of fused-ring (bicyclic) bond motifs is 1. The Kier molecular flexibility index (Phi) is 7.09. The molecule has 0 amide bonds. The molecular weight excluding hydrogens is 396 g/mol. The van der Waals surface area contributed by atoms with Gasteiger partial charge in [-0.1, -0.05) is 82.3 Å². The number of carboxylic acid groups (broad SMARTS) is 1. The number of carbonyl (C=O) groups is 1. The third-order valence-electron chi connectivity index (χ3n) is 7.02. The second-order valence-electron chi connectivity index (χ2n) is 10.4. The second kappa shape index (κ2) is 9.46. The van der Waals surface area contributed by atoms with Gasteiger partial charge in [0.05, 0.1) is 6.61 Å². The molecule has 3 rings (SSSR count). The fourth-order valence-corrected chi connectivity index (χ4v) is 4.70. The number of aliphatic carboxylic acids is 1. The topological polar surface area (TPSA) is 57.5 Å². The fraction of sp³-hybridized carbons (Fsp3) is 0.414. The van der Waals surface area contributed by atoms with E-state index in [0.29, 0.717) is 6.42 Å². The number of benzene rings is 2. The number of hydrogen-bond donors (Lipinski definition) is 2. The normalized spacial score (nSPS) is 18.4. The highest BCUT2D eigenvalue weighted by molar-refractivity contribution is 5.80. The molecule has 1 aliphatic rings. The summed E-state index contributed by atoms with van der Waals surface area (Å²) in [4.78, 5) is 11.1. The first kappa shape index (κ1) is 24.0. The molecule has 0 fully saturated rings. The minimum absolute atomic E-state index is 0.0284. The molecule has 0 aliphatic heterocycles. The molecule has 32 heavy (non-hydrogen) atoms. The van der Waals surface area contributed by atoms with Crippen molar-refractivity contribution in [2.75, 3.05) is 0 Å². The van der Waals surface area contributed by atoms with Crippen LogP contribution in [0, 0.1) is 0 Å². The Balaban J connectivity index is 1.92. The zero-order valence-electron chi connectivity index (χ0n) is 20.0. The first-order chi connectivity index (χ1) is 15.0. The van der Waals surface area contributed by atoms with Gasteiger partial charge in [0.2, 0.25) is 0 Å². The van der Waals surface area contributed by atoms with Crippen molar-refractivity contribution in [2.45, 2.75) is 77.2 Å². The standard InChI is InChI=1S/C29H36O3/c1-20(23-11-13-25-26(18-23)29(4,5)16-15-28(25,2)3)9-10-22(12-14-27(31)32)24-8-6-7-21(17-24)19-30/h6-9,11-14,17-18,22,30H,10,15-16,19H2,1-5H3,(H,31,32)/b14-12?,20-9+. The van der Waals surface area contributed by atoms with Crippen LogP contribution in [-0.4, -0.2) is 16.2 Å². The van der Waals surface area contributed by atoms with Gasteiger partial charge in [-0.15, -0.1) is 0 Å². The lowest BCUT2D eigenvalue weighted by Gasteiger charge is -2.42. The van der Waals surface area contributed by atoms with Crippen molar-refractivity contribution in [1.29, 1.82) is 0 Å². The molecule has 2 aromatic rings. The van der Waals surface area contributed by atoms with Crippen LogP contribution in [0.3, 0.4) is 0 Å². The average molecular weight is 433 g/mol. The van der Waals surface area contributed by atoms with Gasteiger partial charge < -0.3 is 10.2 Å². The molecule has 1 aliphatic carbocycles. The number of carboxylic acids is 1. The zero-order chi connectivity index (χ0) is 23.5. The van der Waals surface area contributed by atoms with Crippen molar-refractivity contribution in [1.82, 2.24) is 0 Å². The average Bonchev–Trinajstić information content (AvgIpc) is 2.76. The molecule has 2 aromatic carbocycles. The van der Waals surface area contributed by atoms with E-state index in [0.717, 1.165) is 11.1 Å². The molecule has 0 bridgehead atoms. The fourth-order valence-electron chi connectivity index (χ4n) is 4.70. The van der Waals surface area contributed by atoms with Crippen LogP contribution in [0.2, 0.25) is 0 Å². The largest absolute Gasteiger partial charge is 0.478 e. The molecule has 0 aromatic heterocycles. The minimum Gasteiger partial charge on any atom is -0.478 e. The van der Waals surface area contributed by atoms with Crippen molar-refractivity contribution in [2.24, 2.45) is 0 Å². The van der Waals surface area contributed by atoms with Gasteiger partial charge in [0.25, 0.3) is 0 Å². The van der Waals surface area contributed by atoms with Crippen molar-refractivity contribution < 1.29 is 15.0 Å². The maximum Gasteiger partial charge on any atom is 0.327 e. The number of hydrogen-bond acceptors (Lipinski definition) is 2. The molecular formula is C29H36O3. The summed E-state index contributed by atoms with van der Waals surface area (Å²) in [7, 11) is 0. The molecule has 3 heteroatoms. The summed E-state index contributed by atoms with van der Waals surface area (Å²) in [6, 6.07) is 14.6. The lowest BCUT2D eigenvalue weighted by Crippen LogP contribution is -2.33. The number of aliphatic hydroxyl groups is 1. The zero-order valence-corrected chi connectivity index (χ0v) is 20.0. The van der Waals surface area contributed by atoms with Gasteiger partial charge in [0.15, 0.2) is 0 Å². The van der Waals surface area contributed by atoms with Gasteiger partial charge >= 0.3 is 5.97 Å². The van der Waals surface area contributed by atoms with Crippen molar-refractivity contribution in [3.8, 4) is 0 Å². The van der Waals surface area contributed by atoms with Crippen LogP contribution in [0.25, 0.3) is 5.57 Å². The first-order valence-corrected chi connectivity index (χ1v) is 11.5. The third-order valence-corrected chi connectivity index (χ3v) is 7.02. The quantitative estimate of drug-likeness (QED) is 0.476. The van der Waals surface area contributed by atoms with Crippen LogP contribution >= 0.6 is 0 Å². The predicted octanol–water partition coefficient (Wildman–Crippen LogP) is 6.75. The summed E-state index contributed by atoms with van der Waals surface area (Å²) in [5, 5.41) is 18.6. The molecule has 1 atom stereocenters. The molecule has 0 heterocycles. The Morgan fingerprint density at radius 1 is 1.03 bits per heavy atom. The van der Waals surface area contributed by atoms with E-state index in [-0.39, 0.29) is 23.4 Å². The molecule has 0 saturated carbocycles. The summed E-state index contributed by atoms with van der Waals surface area (Å²) in [6.07, 6.45) is 8.22. The maximum absolute atomic E-state index is 11.1. The molecule has 0 saturated heterocycles. The van der Waals surface area contributed by atoms with E-state index < -0.39 is 5.97 Å². The van der Waals surface area contributed by atoms with Crippen molar-refractivity contribution >= 4 is 11.5 Å². The third kappa shape index (κ3) is 5.39. The molecule has 2 N–H and O–H groups in total. The van der Waals surface area contributed by atoms with Gasteiger partial charge in [0, 0.05) is 12.0 Å². The van der Waals surface area contributed by atoms with Crippen molar-refractivity contribution in [3.63, 3.8) is 0 Å². The lowest BCUT2D eigenvalue weighted by molar-refractivity contribution is -0.131. The Morgan fingerprint density at radius 2 is 1.72 bits per heavy atom. The molecule has 170 valence electrons. The summed E-state index contributed by atoms with van der Waals surface area (Å²) >= 11 is 0. The van der Waals surface area contributed by atoms with Crippen molar-refractivity contribution in [3.05, 3.63) is 88.5 Å².